The lowest BCUT2D eigenvalue weighted by molar-refractivity contribution is -0.0304. The zero-order valence-electron chi connectivity index (χ0n) is 12.6. The Hall–Kier alpha value is -0.950. The highest BCUT2D eigenvalue weighted by Crippen LogP contribution is 2.24. The third kappa shape index (κ3) is 2.85. The number of ether oxygens (including phenoxy) is 1. The van der Waals surface area contributed by atoms with Crippen LogP contribution >= 0.6 is 0 Å². The van der Waals surface area contributed by atoms with Gasteiger partial charge in [-0.2, -0.15) is 4.31 Å². The van der Waals surface area contributed by atoms with E-state index in [1.165, 1.54) is 0 Å². The highest BCUT2D eigenvalue weighted by Gasteiger charge is 2.36. The number of hydrogen-bond donors (Lipinski definition) is 0. The van der Waals surface area contributed by atoms with Crippen molar-refractivity contribution in [3.05, 3.63) is 29.3 Å². The number of nitrogens with zero attached hydrogens (tertiary/aromatic N) is 2. The molecule has 3 rings (SSSR count). The fraction of sp³-hybridized carbons (Fsp3) is 0.600. The van der Waals surface area contributed by atoms with Crippen molar-refractivity contribution in [1.82, 2.24) is 9.21 Å². The van der Waals surface area contributed by atoms with Crippen molar-refractivity contribution in [2.24, 2.45) is 0 Å². The van der Waals surface area contributed by atoms with Crippen molar-refractivity contribution >= 4 is 10.0 Å². The summed E-state index contributed by atoms with van der Waals surface area (Å²) < 4.78 is 32.9. The van der Waals surface area contributed by atoms with Gasteiger partial charge in [0.2, 0.25) is 10.0 Å². The zero-order valence-corrected chi connectivity index (χ0v) is 13.4. The summed E-state index contributed by atoms with van der Waals surface area (Å²) in [6.07, 6.45) is 0. The van der Waals surface area contributed by atoms with E-state index in [0.29, 0.717) is 24.6 Å². The number of morpholine rings is 1. The van der Waals surface area contributed by atoms with Gasteiger partial charge in [-0.1, -0.05) is 12.1 Å². The van der Waals surface area contributed by atoms with Crippen LogP contribution in [0.3, 0.4) is 0 Å². The molecular weight excluding hydrogens is 288 g/mol. The van der Waals surface area contributed by atoms with Crippen molar-refractivity contribution in [2.45, 2.75) is 24.8 Å². The average molecular weight is 310 g/mol. The molecule has 2 fully saturated rings. The predicted molar refractivity (Wildman–Crippen MR) is 80.9 cm³/mol. The zero-order chi connectivity index (χ0) is 15.0. The largest absolute Gasteiger partial charge is 0.378 e. The topological polar surface area (TPSA) is 49.9 Å². The molecule has 5 nitrogen and oxygen atoms in total. The van der Waals surface area contributed by atoms with Crippen LogP contribution < -0.4 is 0 Å². The second-order valence-electron chi connectivity index (χ2n) is 5.90. The van der Waals surface area contributed by atoms with Crippen LogP contribution in [0, 0.1) is 13.8 Å². The van der Waals surface area contributed by atoms with Gasteiger partial charge in [-0.15, -0.1) is 0 Å². The maximum atomic E-state index is 12.9. The van der Waals surface area contributed by atoms with Gasteiger partial charge >= 0.3 is 0 Å². The Morgan fingerprint density at radius 1 is 1.19 bits per heavy atom. The standard InChI is InChI=1S/C15H22N2O3S/c1-12-3-4-13(2)15(9-12)21(18,19)17-6-5-16-7-8-20-11-14(16)10-17/h3-4,9,14H,5-8,10-11H2,1-2H3/t14-/m1/s1. The molecular formula is C15H22N2O3S. The molecule has 0 spiro atoms. The minimum absolute atomic E-state index is 0.187. The molecule has 116 valence electrons. The van der Waals surface area contributed by atoms with Gasteiger partial charge in [-0.05, 0) is 31.0 Å². The van der Waals surface area contributed by atoms with Crippen LogP contribution in [0.2, 0.25) is 0 Å². The molecule has 1 atom stereocenters. The van der Waals surface area contributed by atoms with Gasteiger partial charge < -0.3 is 4.74 Å². The van der Waals surface area contributed by atoms with E-state index in [2.05, 4.69) is 4.90 Å². The van der Waals surface area contributed by atoms with E-state index in [4.69, 9.17) is 4.74 Å². The molecule has 0 saturated carbocycles. The Morgan fingerprint density at radius 3 is 2.81 bits per heavy atom. The molecule has 0 unspecified atom stereocenters. The van der Waals surface area contributed by atoms with E-state index in [1.54, 1.807) is 10.4 Å². The summed E-state index contributed by atoms with van der Waals surface area (Å²) in [4.78, 5) is 2.77. The van der Waals surface area contributed by atoms with Gasteiger partial charge in [-0.25, -0.2) is 8.42 Å². The van der Waals surface area contributed by atoms with Gasteiger partial charge in [0.1, 0.15) is 0 Å². The molecule has 0 aromatic heterocycles. The van der Waals surface area contributed by atoms with E-state index in [1.807, 2.05) is 26.0 Å². The van der Waals surface area contributed by atoms with Crippen LogP contribution in [-0.4, -0.2) is 63.1 Å². The fourth-order valence-electron chi connectivity index (χ4n) is 3.06. The maximum Gasteiger partial charge on any atom is 0.243 e. The summed E-state index contributed by atoms with van der Waals surface area (Å²) in [5.74, 6) is 0. The summed E-state index contributed by atoms with van der Waals surface area (Å²) in [5, 5.41) is 0. The molecule has 21 heavy (non-hydrogen) atoms. The van der Waals surface area contributed by atoms with Gasteiger partial charge in [0.15, 0.2) is 0 Å². The molecule has 0 bridgehead atoms. The number of benzene rings is 1. The summed E-state index contributed by atoms with van der Waals surface area (Å²) in [7, 11) is -3.41. The summed E-state index contributed by atoms with van der Waals surface area (Å²) in [5.41, 5.74) is 1.78. The number of aryl methyl sites for hydroxylation is 2. The summed E-state index contributed by atoms with van der Waals surface area (Å²) in [6.45, 7) is 7.93. The Balaban J connectivity index is 1.86. The van der Waals surface area contributed by atoms with E-state index in [0.717, 1.165) is 30.8 Å². The molecule has 0 N–H and O–H groups in total. The van der Waals surface area contributed by atoms with Crippen LogP contribution in [0.5, 0.6) is 0 Å². The van der Waals surface area contributed by atoms with Crippen molar-refractivity contribution < 1.29 is 13.2 Å². The molecule has 1 aromatic rings. The second-order valence-corrected chi connectivity index (χ2v) is 7.80. The Morgan fingerprint density at radius 2 is 2.00 bits per heavy atom. The third-order valence-electron chi connectivity index (χ3n) is 4.36. The first kappa shape index (κ1) is 15.0. The Labute approximate surface area is 126 Å². The predicted octanol–water partition coefficient (Wildman–Crippen LogP) is 1.01. The monoisotopic (exact) mass is 310 g/mol. The minimum Gasteiger partial charge on any atom is -0.378 e. The number of fused-ring (bicyclic) bond motifs is 1. The molecule has 1 aromatic carbocycles. The smallest absolute Gasteiger partial charge is 0.243 e. The van der Waals surface area contributed by atoms with Crippen molar-refractivity contribution in [1.29, 1.82) is 0 Å². The SMILES string of the molecule is Cc1ccc(C)c(S(=O)(=O)N2CCN3CCOC[C@H]3C2)c1. The molecule has 2 saturated heterocycles. The molecule has 0 aliphatic carbocycles. The highest BCUT2D eigenvalue weighted by molar-refractivity contribution is 7.89. The Kier molecular flexibility index (Phi) is 4.05. The first-order chi connectivity index (χ1) is 9.98. The van der Waals surface area contributed by atoms with E-state index in [-0.39, 0.29) is 6.04 Å². The van der Waals surface area contributed by atoms with Gasteiger partial charge in [0.05, 0.1) is 18.1 Å². The summed E-state index contributed by atoms with van der Waals surface area (Å²) in [6, 6.07) is 5.78. The molecule has 0 amide bonds. The third-order valence-corrected chi connectivity index (χ3v) is 6.37. The first-order valence-electron chi connectivity index (χ1n) is 7.38. The lowest BCUT2D eigenvalue weighted by atomic mass is 10.2. The van der Waals surface area contributed by atoms with Gasteiger partial charge in [0, 0.05) is 32.2 Å². The van der Waals surface area contributed by atoms with Crippen molar-refractivity contribution in [3.8, 4) is 0 Å². The van der Waals surface area contributed by atoms with E-state index < -0.39 is 10.0 Å². The molecule has 6 heteroatoms. The minimum atomic E-state index is -3.41. The Bertz CT molecular complexity index is 630. The number of rotatable bonds is 2. The normalized spacial score (nSPS) is 24.8. The lowest BCUT2D eigenvalue weighted by Crippen LogP contribution is -2.59. The van der Waals surface area contributed by atoms with Gasteiger partial charge in [-0.3, -0.25) is 4.90 Å². The fourth-order valence-corrected chi connectivity index (χ4v) is 4.84. The van der Waals surface area contributed by atoms with Crippen LogP contribution in [0.15, 0.2) is 23.1 Å². The number of piperazine rings is 1. The molecule has 2 heterocycles. The first-order valence-corrected chi connectivity index (χ1v) is 8.82. The average Bonchev–Trinajstić information content (AvgIpc) is 2.49. The van der Waals surface area contributed by atoms with E-state index in [9.17, 15) is 8.42 Å². The van der Waals surface area contributed by atoms with Crippen LogP contribution in [0.25, 0.3) is 0 Å². The molecule has 2 aliphatic rings. The molecule has 2 aliphatic heterocycles. The highest BCUT2D eigenvalue weighted by atomic mass is 32.2. The lowest BCUT2D eigenvalue weighted by Gasteiger charge is -2.43. The van der Waals surface area contributed by atoms with Crippen LogP contribution in [0.4, 0.5) is 0 Å². The quantitative estimate of drug-likeness (QED) is 0.818. The van der Waals surface area contributed by atoms with Gasteiger partial charge in [0.25, 0.3) is 0 Å². The van der Waals surface area contributed by atoms with Crippen molar-refractivity contribution in [2.75, 3.05) is 39.4 Å². The second kappa shape index (κ2) is 5.68. The van der Waals surface area contributed by atoms with Crippen LogP contribution in [-0.2, 0) is 14.8 Å². The molecule has 0 radical (unpaired) electrons. The number of sulfonamides is 1. The summed E-state index contributed by atoms with van der Waals surface area (Å²) >= 11 is 0. The maximum absolute atomic E-state index is 12.9. The van der Waals surface area contributed by atoms with Crippen molar-refractivity contribution in [3.63, 3.8) is 0 Å². The number of hydrogen-bond acceptors (Lipinski definition) is 4. The van der Waals surface area contributed by atoms with Crippen LogP contribution in [0.1, 0.15) is 11.1 Å². The van der Waals surface area contributed by atoms with E-state index >= 15 is 0 Å².